The number of benzene rings is 1. The van der Waals surface area contributed by atoms with Crippen LogP contribution in [0, 0.1) is 0 Å². The third-order valence-corrected chi connectivity index (χ3v) is 4.74. The number of hydrogen-bond acceptors (Lipinski definition) is 3. The molecule has 4 nitrogen and oxygen atoms in total. The largest absolute Gasteiger partial charge is 0.610 e. The van der Waals surface area contributed by atoms with Crippen molar-refractivity contribution in [2.24, 2.45) is 5.73 Å². The highest BCUT2D eigenvalue weighted by Gasteiger charge is 2.18. The molecule has 3 aromatic rings. The molecule has 2 atom stereocenters. The third kappa shape index (κ3) is 2.81. The molecule has 0 aliphatic rings. The number of aromatic nitrogens is 2. The third-order valence-electron chi connectivity index (χ3n) is 3.45. The van der Waals surface area contributed by atoms with Crippen LogP contribution in [0.3, 0.4) is 0 Å². The molecule has 108 valence electrons. The van der Waals surface area contributed by atoms with Crippen LogP contribution in [0.15, 0.2) is 59.8 Å². The van der Waals surface area contributed by atoms with E-state index in [2.05, 4.69) is 4.98 Å². The van der Waals surface area contributed by atoms with Gasteiger partial charge in [0.1, 0.15) is 0 Å². The normalized spacial score (nSPS) is 14.2. The van der Waals surface area contributed by atoms with Crippen molar-refractivity contribution in [3.63, 3.8) is 0 Å². The maximum Gasteiger partial charge on any atom is 0.187 e. The van der Waals surface area contributed by atoms with E-state index in [4.69, 9.17) is 5.73 Å². The SMILES string of the molecule is C[C@@H](N)c1cc2cnccc2n1C[S+]([O-])c1ccccc1. The molecule has 2 aromatic heterocycles. The van der Waals surface area contributed by atoms with E-state index in [1.54, 1.807) is 6.20 Å². The fourth-order valence-corrected chi connectivity index (χ4v) is 3.55. The van der Waals surface area contributed by atoms with Gasteiger partial charge < -0.3 is 10.3 Å². The molecule has 0 bridgehead atoms. The zero-order valence-corrected chi connectivity index (χ0v) is 12.6. The fourth-order valence-electron chi connectivity index (χ4n) is 2.42. The predicted molar refractivity (Wildman–Crippen MR) is 85.2 cm³/mol. The second-order valence-electron chi connectivity index (χ2n) is 5.01. The van der Waals surface area contributed by atoms with E-state index in [1.807, 2.05) is 60.2 Å². The Labute approximate surface area is 126 Å². The van der Waals surface area contributed by atoms with Gasteiger partial charge in [0, 0.05) is 40.7 Å². The maximum atomic E-state index is 12.6. The van der Waals surface area contributed by atoms with Crippen molar-refractivity contribution in [2.75, 3.05) is 0 Å². The summed E-state index contributed by atoms with van der Waals surface area (Å²) in [5.74, 6) is 0.397. The van der Waals surface area contributed by atoms with Gasteiger partial charge in [0.2, 0.25) is 0 Å². The molecule has 0 amide bonds. The molecule has 0 fully saturated rings. The minimum atomic E-state index is -1.11. The van der Waals surface area contributed by atoms with Gasteiger partial charge in [-0.25, -0.2) is 0 Å². The summed E-state index contributed by atoms with van der Waals surface area (Å²) in [6.45, 7) is 1.93. The Morgan fingerprint density at radius 1 is 1.29 bits per heavy atom. The summed E-state index contributed by atoms with van der Waals surface area (Å²) in [6, 6.07) is 13.3. The molecular weight excluding hydrogens is 282 g/mol. The smallest absolute Gasteiger partial charge is 0.187 e. The van der Waals surface area contributed by atoms with E-state index < -0.39 is 11.2 Å². The highest BCUT2D eigenvalue weighted by atomic mass is 32.2. The predicted octanol–water partition coefficient (Wildman–Crippen LogP) is 2.82. The van der Waals surface area contributed by atoms with Crippen molar-refractivity contribution in [1.82, 2.24) is 9.55 Å². The monoisotopic (exact) mass is 299 g/mol. The Morgan fingerprint density at radius 2 is 2.05 bits per heavy atom. The van der Waals surface area contributed by atoms with Crippen LogP contribution in [0.4, 0.5) is 0 Å². The van der Waals surface area contributed by atoms with Crippen LogP contribution in [0.2, 0.25) is 0 Å². The van der Waals surface area contributed by atoms with Crippen molar-refractivity contribution in [1.29, 1.82) is 0 Å². The van der Waals surface area contributed by atoms with Gasteiger partial charge in [0.25, 0.3) is 0 Å². The molecule has 0 aliphatic carbocycles. The zero-order chi connectivity index (χ0) is 14.8. The van der Waals surface area contributed by atoms with Crippen LogP contribution >= 0.6 is 0 Å². The molecule has 0 saturated carbocycles. The molecule has 1 unspecified atom stereocenters. The molecular formula is C16H17N3OS. The topological polar surface area (TPSA) is 66.9 Å². The van der Waals surface area contributed by atoms with Gasteiger partial charge in [-0.1, -0.05) is 18.2 Å². The van der Waals surface area contributed by atoms with Gasteiger partial charge >= 0.3 is 0 Å². The van der Waals surface area contributed by atoms with E-state index in [0.29, 0.717) is 5.88 Å². The van der Waals surface area contributed by atoms with Crippen molar-refractivity contribution in [3.8, 4) is 0 Å². The number of hydrogen-bond donors (Lipinski definition) is 1. The second-order valence-corrected chi connectivity index (χ2v) is 6.43. The van der Waals surface area contributed by atoms with Gasteiger partial charge in [-0.05, 0) is 31.2 Å². The Morgan fingerprint density at radius 3 is 2.76 bits per heavy atom. The van der Waals surface area contributed by atoms with E-state index in [-0.39, 0.29) is 6.04 Å². The number of nitrogens with two attached hydrogens (primary N) is 1. The fraction of sp³-hybridized carbons (Fsp3) is 0.188. The van der Waals surface area contributed by atoms with Crippen molar-refractivity contribution in [3.05, 3.63) is 60.6 Å². The summed E-state index contributed by atoms with van der Waals surface area (Å²) in [5, 5.41) is 1.02. The first kappa shape index (κ1) is 14.1. The Balaban J connectivity index is 2.01. The summed E-state index contributed by atoms with van der Waals surface area (Å²) < 4.78 is 14.6. The molecule has 5 heteroatoms. The minimum Gasteiger partial charge on any atom is -0.610 e. The van der Waals surface area contributed by atoms with Gasteiger partial charge in [-0.2, -0.15) is 0 Å². The summed E-state index contributed by atoms with van der Waals surface area (Å²) in [6.07, 6.45) is 3.55. The lowest BCUT2D eigenvalue weighted by atomic mass is 10.2. The second kappa shape index (κ2) is 5.89. The Hall–Kier alpha value is -1.82. The molecule has 2 heterocycles. The number of nitrogens with zero attached hydrogens (tertiary/aromatic N) is 2. The van der Waals surface area contributed by atoms with Gasteiger partial charge in [-0.3, -0.25) is 9.55 Å². The van der Waals surface area contributed by atoms with Crippen LogP contribution in [-0.2, 0) is 17.1 Å². The highest BCUT2D eigenvalue weighted by molar-refractivity contribution is 7.90. The molecule has 2 N–H and O–H groups in total. The molecule has 0 radical (unpaired) electrons. The Kier molecular flexibility index (Phi) is 3.96. The quantitative estimate of drug-likeness (QED) is 0.753. The van der Waals surface area contributed by atoms with Crippen molar-refractivity contribution < 1.29 is 4.55 Å². The summed E-state index contributed by atoms with van der Waals surface area (Å²) in [4.78, 5) is 4.96. The van der Waals surface area contributed by atoms with Gasteiger partial charge in [0.05, 0.1) is 5.52 Å². The molecule has 0 saturated heterocycles. The molecule has 3 rings (SSSR count). The highest BCUT2D eigenvalue weighted by Crippen LogP contribution is 2.25. The van der Waals surface area contributed by atoms with Crippen LogP contribution in [0.1, 0.15) is 18.7 Å². The lowest BCUT2D eigenvalue weighted by molar-refractivity contribution is 0.580. The first-order chi connectivity index (χ1) is 10.2. The first-order valence-electron chi connectivity index (χ1n) is 6.79. The van der Waals surface area contributed by atoms with Gasteiger partial charge in [-0.15, -0.1) is 0 Å². The number of fused-ring (bicyclic) bond motifs is 1. The number of pyridine rings is 1. The Bertz CT molecular complexity index is 740. The van der Waals surface area contributed by atoms with E-state index >= 15 is 0 Å². The molecule has 1 aromatic carbocycles. The maximum absolute atomic E-state index is 12.6. The minimum absolute atomic E-state index is 0.120. The lowest BCUT2D eigenvalue weighted by Crippen LogP contribution is -2.17. The van der Waals surface area contributed by atoms with Crippen LogP contribution in [0.25, 0.3) is 10.9 Å². The van der Waals surface area contributed by atoms with Crippen molar-refractivity contribution >= 4 is 22.1 Å². The van der Waals surface area contributed by atoms with E-state index in [1.165, 1.54) is 0 Å². The molecule has 0 aliphatic heterocycles. The first-order valence-corrected chi connectivity index (χ1v) is 8.11. The van der Waals surface area contributed by atoms with Gasteiger partial charge in [0.15, 0.2) is 10.8 Å². The standard InChI is InChI=1S/C16H17N3OS/c1-12(17)16-9-13-10-18-8-7-15(13)19(16)11-21(20)14-5-3-2-4-6-14/h2-10,12H,11,17H2,1H3/t12-,21?/m1/s1. The summed E-state index contributed by atoms with van der Waals surface area (Å²) in [7, 11) is 0. The van der Waals surface area contributed by atoms with Crippen LogP contribution < -0.4 is 5.73 Å². The van der Waals surface area contributed by atoms with Crippen molar-refractivity contribution in [2.45, 2.75) is 23.7 Å². The molecule has 0 spiro atoms. The average molecular weight is 299 g/mol. The summed E-state index contributed by atoms with van der Waals surface area (Å²) in [5.41, 5.74) is 8.04. The zero-order valence-electron chi connectivity index (χ0n) is 11.8. The van der Waals surface area contributed by atoms with Crippen LogP contribution in [-0.4, -0.2) is 14.1 Å². The van der Waals surface area contributed by atoms with E-state index in [9.17, 15) is 4.55 Å². The lowest BCUT2D eigenvalue weighted by Gasteiger charge is -2.16. The van der Waals surface area contributed by atoms with E-state index in [0.717, 1.165) is 21.5 Å². The average Bonchev–Trinajstić information content (AvgIpc) is 2.87. The molecule has 21 heavy (non-hydrogen) atoms. The van der Waals surface area contributed by atoms with Crippen LogP contribution in [0.5, 0.6) is 0 Å². The number of rotatable bonds is 4. The summed E-state index contributed by atoms with van der Waals surface area (Å²) >= 11 is -1.11.